The normalized spacial score (nSPS) is 14.0. The Morgan fingerprint density at radius 1 is 1.05 bits per heavy atom. The van der Waals surface area contributed by atoms with Gasteiger partial charge in [-0.2, -0.15) is 0 Å². The molecule has 42 heavy (non-hydrogen) atoms. The fourth-order valence-corrected chi connectivity index (χ4v) is 7.42. The van der Waals surface area contributed by atoms with Gasteiger partial charge in [-0.1, -0.05) is 20.8 Å². The Balaban J connectivity index is 2.07. The Morgan fingerprint density at radius 2 is 1.71 bits per heavy atom. The highest BCUT2D eigenvalue weighted by molar-refractivity contribution is 7.95. The van der Waals surface area contributed by atoms with E-state index in [4.69, 9.17) is 9.16 Å². The van der Waals surface area contributed by atoms with Crippen LogP contribution in [0.25, 0.3) is 10.7 Å². The van der Waals surface area contributed by atoms with Crippen molar-refractivity contribution in [2.45, 2.75) is 104 Å². The van der Waals surface area contributed by atoms with Crippen LogP contribution in [0, 0.1) is 0 Å². The maximum absolute atomic E-state index is 13.5. The first-order valence-corrected chi connectivity index (χ1v) is 21.1. The minimum atomic E-state index is -2.20. The molecule has 236 valence electrons. The van der Waals surface area contributed by atoms with Crippen molar-refractivity contribution in [3.63, 3.8) is 0 Å². The SMILES string of the molecule is C[C@@H](O[Si](C)(C)C(C)(C)C)[C@H](NC(=O)OC(C)(C)C)C(=O)CCc1nc(-c2nc(C(=O)NCCC[S+](C)C)cs2)cs1. The van der Waals surface area contributed by atoms with E-state index in [2.05, 4.69) is 67.0 Å². The van der Waals surface area contributed by atoms with E-state index in [1.54, 1.807) is 26.2 Å². The van der Waals surface area contributed by atoms with Gasteiger partial charge in [0.15, 0.2) is 14.1 Å². The number of carbonyl (C=O) groups is 3. The highest BCUT2D eigenvalue weighted by Gasteiger charge is 2.41. The largest absolute Gasteiger partial charge is 0.444 e. The molecule has 0 bridgehead atoms. The third kappa shape index (κ3) is 11.7. The number of rotatable bonds is 14. The van der Waals surface area contributed by atoms with Crippen LogP contribution < -0.4 is 10.6 Å². The van der Waals surface area contributed by atoms with E-state index in [9.17, 15) is 14.4 Å². The molecule has 0 aromatic carbocycles. The van der Waals surface area contributed by atoms with Crippen LogP contribution in [0.1, 0.15) is 76.8 Å². The lowest BCUT2D eigenvalue weighted by Gasteiger charge is -2.40. The van der Waals surface area contributed by atoms with E-state index < -0.39 is 32.2 Å². The van der Waals surface area contributed by atoms with E-state index in [0.717, 1.165) is 17.2 Å². The molecule has 2 amide bonds. The minimum absolute atomic E-state index is 0.0531. The Hall–Kier alpha value is -1.80. The predicted octanol–water partition coefficient (Wildman–Crippen LogP) is 6.07. The molecule has 2 N–H and O–H groups in total. The standard InChI is InChI=1S/C29H48N4O5S3Si/c1-19(38-42(10,11)29(5,6)7)24(33-27(36)37-28(2,3)4)22(34)13-14-23-31-21(18-39-23)26-32-20(17-40-26)25(35)30-15-12-16-41(8)9/h17-19,24H,12-16H2,1-11H3,(H-,30,33,35,36)/p+1/t19-,24+/m1/s1. The molecule has 0 saturated heterocycles. The van der Waals surface area contributed by atoms with Crippen LogP contribution in [0.4, 0.5) is 4.79 Å². The summed E-state index contributed by atoms with van der Waals surface area (Å²) in [6.45, 7) is 18.5. The molecule has 0 radical (unpaired) electrons. The average Bonchev–Trinajstić information content (AvgIpc) is 3.51. The molecule has 0 spiro atoms. The van der Waals surface area contributed by atoms with Gasteiger partial charge in [-0.05, 0) is 56.7 Å². The van der Waals surface area contributed by atoms with Gasteiger partial charge in [0.2, 0.25) is 0 Å². The zero-order chi connectivity index (χ0) is 31.9. The second-order valence-electron chi connectivity index (χ2n) is 13.1. The summed E-state index contributed by atoms with van der Waals surface area (Å²) < 4.78 is 11.9. The molecular weight excluding hydrogens is 609 g/mol. The number of nitrogens with one attached hydrogen (secondary N) is 2. The summed E-state index contributed by atoms with van der Waals surface area (Å²) in [6, 6.07) is -0.852. The van der Waals surface area contributed by atoms with Gasteiger partial charge in [-0.15, -0.1) is 22.7 Å². The van der Waals surface area contributed by atoms with Gasteiger partial charge < -0.3 is 19.8 Å². The number of hydrogen-bond acceptors (Lipinski definition) is 9. The van der Waals surface area contributed by atoms with Crippen molar-refractivity contribution >= 4 is 59.7 Å². The number of ketones is 1. The van der Waals surface area contributed by atoms with Gasteiger partial charge in [-0.25, -0.2) is 14.8 Å². The van der Waals surface area contributed by atoms with Crippen LogP contribution in [0.15, 0.2) is 10.8 Å². The number of ether oxygens (including phenoxy) is 1. The number of amides is 2. The Morgan fingerprint density at radius 3 is 2.31 bits per heavy atom. The number of aryl methyl sites for hydroxylation is 1. The van der Waals surface area contributed by atoms with E-state index in [0.29, 0.717) is 40.3 Å². The number of alkyl carbamates (subject to hydrolysis) is 1. The highest BCUT2D eigenvalue weighted by atomic mass is 32.2. The van der Waals surface area contributed by atoms with E-state index >= 15 is 0 Å². The first kappa shape index (κ1) is 36.4. The lowest BCUT2D eigenvalue weighted by molar-refractivity contribution is -0.123. The van der Waals surface area contributed by atoms with Gasteiger partial charge in [-0.3, -0.25) is 9.59 Å². The summed E-state index contributed by atoms with van der Waals surface area (Å²) in [5.74, 6) is 0.769. The molecule has 2 aromatic rings. The van der Waals surface area contributed by atoms with Crippen LogP contribution in [-0.2, 0) is 31.3 Å². The van der Waals surface area contributed by atoms with Crippen molar-refractivity contribution in [1.29, 1.82) is 0 Å². The summed E-state index contributed by atoms with van der Waals surface area (Å²) in [7, 11) is -1.84. The van der Waals surface area contributed by atoms with Crippen molar-refractivity contribution in [3.8, 4) is 10.7 Å². The molecule has 13 heteroatoms. The number of Topliss-reactive ketones (excluding diaryl/α,β-unsaturated/α-hetero) is 1. The monoisotopic (exact) mass is 657 g/mol. The Kier molecular flexibility index (Phi) is 13.2. The number of hydrogen-bond donors (Lipinski definition) is 2. The molecule has 2 aromatic heterocycles. The quantitative estimate of drug-likeness (QED) is 0.144. The second kappa shape index (κ2) is 15.3. The molecule has 0 aliphatic heterocycles. The molecule has 2 rings (SSSR count). The van der Waals surface area contributed by atoms with Crippen LogP contribution >= 0.6 is 22.7 Å². The maximum Gasteiger partial charge on any atom is 0.408 e. The fourth-order valence-electron chi connectivity index (χ4n) is 3.66. The summed E-state index contributed by atoms with van der Waals surface area (Å²) in [4.78, 5) is 47.8. The van der Waals surface area contributed by atoms with Crippen molar-refractivity contribution in [3.05, 3.63) is 21.5 Å². The average molecular weight is 658 g/mol. The number of thiazole rings is 2. The predicted molar refractivity (Wildman–Crippen MR) is 178 cm³/mol. The molecule has 0 aliphatic carbocycles. The van der Waals surface area contributed by atoms with Gasteiger partial charge in [0.05, 0.1) is 23.6 Å². The third-order valence-corrected chi connectivity index (χ3v) is 14.3. The number of aromatic nitrogens is 2. The third-order valence-electron chi connectivity index (χ3n) is 6.88. The lowest BCUT2D eigenvalue weighted by atomic mass is 10.0. The zero-order valence-corrected chi connectivity index (χ0v) is 30.5. The van der Waals surface area contributed by atoms with Crippen LogP contribution in [0.2, 0.25) is 18.1 Å². The van der Waals surface area contributed by atoms with Gasteiger partial charge in [0.25, 0.3) is 5.91 Å². The van der Waals surface area contributed by atoms with Crippen molar-refractivity contribution in [2.75, 3.05) is 24.8 Å². The van der Waals surface area contributed by atoms with Crippen LogP contribution in [-0.4, -0.2) is 78.6 Å². The maximum atomic E-state index is 13.5. The van der Waals surface area contributed by atoms with E-state index in [1.807, 2.05) is 12.3 Å². The topological polar surface area (TPSA) is 120 Å². The molecule has 2 atom stereocenters. The minimum Gasteiger partial charge on any atom is -0.444 e. The number of carbonyl (C=O) groups excluding carboxylic acids is 3. The van der Waals surface area contributed by atoms with E-state index in [1.165, 1.54) is 22.7 Å². The van der Waals surface area contributed by atoms with Crippen molar-refractivity contribution < 1.29 is 23.5 Å². The summed E-state index contributed by atoms with van der Waals surface area (Å²) >= 11 is 2.82. The van der Waals surface area contributed by atoms with Gasteiger partial charge in [0, 0.05) is 36.6 Å². The molecule has 0 fully saturated rings. The van der Waals surface area contributed by atoms with E-state index in [-0.39, 0.29) is 23.1 Å². The Bertz CT molecular complexity index is 1200. The Labute approximate surface area is 263 Å². The van der Waals surface area contributed by atoms with Crippen molar-refractivity contribution in [1.82, 2.24) is 20.6 Å². The van der Waals surface area contributed by atoms with Crippen molar-refractivity contribution in [2.24, 2.45) is 0 Å². The van der Waals surface area contributed by atoms with Crippen LogP contribution in [0.3, 0.4) is 0 Å². The first-order chi connectivity index (χ1) is 19.3. The molecule has 0 unspecified atom stereocenters. The van der Waals surface area contributed by atoms with Gasteiger partial charge >= 0.3 is 6.09 Å². The molecular formula is C29H49N4O5S3Si+. The molecule has 0 saturated carbocycles. The summed E-state index contributed by atoms with van der Waals surface area (Å²) in [6.07, 6.45) is 4.76. The molecule has 9 nitrogen and oxygen atoms in total. The highest BCUT2D eigenvalue weighted by Crippen LogP contribution is 2.37. The number of nitrogens with zero attached hydrogens (tertiary/aromatic N) is 2. The first-order valence-electron chi connectivity index (χ1n) is 14.2. The van der Waals surface area contributed by atoms with Crippen LogP contribution in [0.5, 0.6) is 0 Å². The fraction of sp³-hybridized carbons (Fsp3) is 0.690. The molecule has 0 aliphatic rings. The second-order valence-corrected chi connectivity index (χ2v) is 22.1. The van der Waals surface area contributed by atoms with Gasteiger partial charge in [0.1, 0.15) is 33.8 Å². The summed E-state index contributed by atoms with van der Waals surface area (Å²) in [5, 5.41) is 10.7. The summed E-state index contributed by atoms with van der Waals surface area (Å²) in [5.41, 5.74) is 0.382. The zero-order valence-electron chi connectivity index (χ0n) is 27.0. The smallest absolute Gasteiger partial charge is 0.408 e. The molecule has 2 heterocycles. The lowest BCUT2D eigenvalue weighted by Crippen LogP contribution is -2.54.